The van der Waals surface area contributed by atoms with Gasteiger partial charge in [-0.05, 0) is 58.2 Å². The van der Waals surface area contributed by atoms with E-state index in [1.54, 1.807) is 0 Å². The predicted octanol–water partition coefficient (Wildman–Crippen LogP) is 1.80. The zero-order chi connectivity index (χ0) is 13.5. The lowest BCUT2D eigenvalue weighted by atomic mass is 9.76. The molecule has 19 heavy (non-hydrogen) atoms. The molecule has 3 rings (SSSR count). The molecule has 4 heteroatoms. The highest BCUT2D eigenvalue weighted by molar-refractivity contribution is 5.74. The molecular weight excluding hydrogens is 240 g/mol. The highest BCUT2D eigenvalue weighted by Crippen LogP contribution is 2.39. The number of hydrogen-bond acceptors (Lipinski definition) is 3. The highest BCUT2D eigenvalue weighted by atomic mass is 16.4. The van der Waals surface area contributed by atoms with E-state index < -0.39 is 11.4 Å². The van der Waals surface area contributed by atoms with E-state index in [0.717, 1.165) is 38.4 Å². The topological polar surface area (TPSA) is 43.8 Å². The maximum absolute atomic E-state index is 11.5. The van der Waals surface area contributed by atoms with E-state index in [1.165, 1.54) is 32.4 Å². The fourth-order valence-corrected chi connectivity index (χ4v) is 4.48. The Morgan fingerprint density at radius 1 is 1.11 bits per heavy atom. The molecule has 108 valence electrons. The maximum atomic E-state index is 11.5. The molecule has 3 fully saturated rings. The largest absolute Gasteiger partial charge is 0.481 e. The molecule has 0 amide bonds. The van der Waals surface area contributed by atoms with E-state index in [0.29, 0.717) is 6.04 Å². The summed E-state index contributed by atoms with van der Waals surface area (Å²) in [6.45, 7) is 6.52. The number of carbonyl (C=O) groups is 1. The second-order valence-corrected chi connectivity index (χ2v) is 6.58. The van der Waals surface area contributed by atoms with Gasteiger partial charge in [-0.15, -0.1) is 0 Å². The minimum atomic E-state index is -0.580. The van der Waals surface area contributed by atoms with E-state index in [4.69, 9.17) is 0 Å². The van der Waals surface area contributed by atoms with Crippen molar-refractivity contribution in [3.63, 3.8) is 0 Å². The van der Waals surface area contributed by atoms with Crippen molar-refractivity contribution in [1.82, 2.24) is 9.80 Å². The SMILES string of the molecule is CCC1(C(=O)O)CCN(C2CCN3CCCC23)CC1. The Hall–Kier alpha value is -0.610. The van der Waals surface area contributed by atoms with Gasteiger partial charge in [0.2, 0.25) is 0 Å². The van der Waals surface area contributed by atoms with Crippen LogP contribution in [-0.2, 0) is 4.79 Å². The molecule has 4 nitrogen and oxygen atoms in total. The van der Waals surface area contributed by atoms with Gasteiger partial charge in [-0.25, -0.2) is 0 Å². The molecule has 0 bridgehead atoms. The van der Waals surface area contributed by atoms with Crippen LogP contribution >= 0.6 is 0 Å². The standard InChI is InChI=1S/C15H26N2O2/c1-2-15(14(18)19)6-10-17(11-7-15)13-5-9-16-8-3-4-12(13)16/h12-13H,2-11H2,1H3,(H,18,19). The predicted molar refractivity (Wildman–Crippen MR) is 74.2 cm³/mol. The van der Waals surface area contributed by atoms with Crippen LogP contribution in [0, 0.1) is 5.41 Å². The first-order valence-corrected chi connectivity index (χ1v) is 7.88. The normalized spacial score (nSPS) is 35.4. The lowest BCUT2D eigenvalue weighted by Gasteiger charge is -2.42. The number of rotatable bonds is 3. The second kappa shape index (κ2) is 5.06. The average molecular weight is 266 g/mol. The van der Waals surface area contributed by atoms with Gasteiger partial charge in [0, 0.05) is 18.6 Å². The fraction of sp³-hybridized carbons (Fsp3) is 0.933. The third kappa shape index (κ3) is 2.19. The summed E-state index contributed by atoms with van der Waals surface area (Å²) in [5.74, 6) is -0.580. The summed E-state index contributed by atoms with van der Waals surface area (Å²) in [6.07, 6.45) is 6.43. The Balaban J connectivity index is 1.62. The summed E-state index contributed by atoms with van der Waals surface area (Å²) in [7, 11) is 0. The zero-order valence-corrected chi connectivity index (χ0v) is 12.0. The smallest absolute Gasteiger partial charge is 0.309 e. The molecule has 2 unspecified atom stereocenters. The molecule has 3 aliphatic rings. The monoisotopic (exact) mass is 266 g/mol. The van der Waals surface area contributed by atoms with Crippen molar-refractivity contribution >= 4 is 5.97 Å². The molecule has 3 aliphatic heterocycles. The Morgan fingerprint density at radius 2 is 1.74 bits per heavy atom. The summed E-state index contributed by atoms with van der Waals surface area (Å²) >= 11 is 0. The first kappa shape index (κ1) is 13.4. The molecule has 0 radical (unpaired) electrons. The van der Waals surface area contributed by atoms with Crippen LogP contribution in [0.2, 0.25) is 0 Å². The Kier molecular flexibility index (Phi) is 3.56. The van der Waals surface area contributed by atoms with E-state index in [-0.39, 0.29) is 0 Å². The van der Waals surface area contributed by atoms with E-state index in [1.807, 2.05) is 6.92 Å². The molecule has 1 N–H and O–H groups in total. The number of nitrogens with zero attached hydrogens (tertiary/aromatic N) is 2. The minimum Gasteiger partial charge on any atom is -0.481 e. The molecule has 2 atom stereocenters. The van der Waals surface area contributed by atoms with Gasteiger partial charge in [0.05, 0.1) is 5.41 Å². The molecule has 0 aliphatic carbocycles. The van der Waals surface area contributed by atoms with Crippen molar-refractivity contribution in [3.8, 4) is 0 Å². The summed E-state index contributed by atoms with van der Waals surface area (Å²) in [5.41, 5.74) is -0.440. The van der Waals surface area contributed by atoms with Gasteiger partial charge in [-0.2, -0.15) is 0 Å². The van der Waals surface area contributed by atoms with Crippen molar-refractivity contribution in [2.24, 2.45) is 5.41 Å². The molecule has 0 spiro atoms. The van der Waals surface area contributed by atoms with Gasteiger partial charge in [0.1, 0.15) is 0 Å². The van der Waals surface area contributed by atoms with Crippen molar-refractivity contribution < 1.29 is 9.90 Å². The first-order valence-electron chi connectivity index (χ1n) is 7.88. The minimum absolute atomic E-state index is 0.440. The average Bonchev–Trinajstić information content (AvgIpc) is 3.01. The molecule has 0 aromatic carbocycles. The summed E-state index contributed by atoms with van der Waals surface area (Å²) in [4.78, 5) is 16.7. The van der Waals surface area contributed by atoms with Crippen molar-refractivity contribution in [2.75, 3.05) is 26.2 Å². The number of aliphatic carboxylic acids is 1. The third-order valence-corrected chi connectivity index (χ3v) is 5.93. The quantitative estimate of drug-likeness (QED) is 0.846. The van der Waals surface area contributed by atoms with Gasteiger partial charge in [0.25, 0.3) is 0 Å². The number of likely N-dealkylation sites (tertiary alicyclic amines) is 1. The van der Waals surface area contributed by atoms with E-state index >= 15 is 0 Å². The van der Waals surface area contributed by atoms with E-state index in [2.05, 4.69) is 9.80 Å². The maximum Gasteiger partial charge on any atom is 0.309 e. The molecular formula is C15H26N2O2. The van der Waals surface area contributed by atoms with Crippen LogP contribution in [0.4, 0.5) is 0 Å². The van der Waals surface area contributed by atoms with Crippen LogP contribution in [0.3, 0.4) is 0 Å². The van der Waals surface area contributed by atoms with Crippen LogP contribution in [0.25, 0.3) is 0 Å². The van der Waals surface area contributed by atoms with Crippen molar-refractivity contribution in [1.29, 1.82) is 0 Å². The molecule has 0 aromatic rings. The Bertz CT molecular complexity index is 350. The summed E-state index contributed by atoms with van der Waals surface area (Å²) < 4.78 is 0. The van der Waals surface area contributed by atoms with Gasteiger partial charge in [-0.3, -0.25) is 14.6 Å². The van der Waals surface area contributed by atoms with Gasteiger partial charge in [0.15, 0.2) is 0 Å². The van der Waals surface area contributed by atoms with Gasteiger partial charge in [-0.1, -0.05) is 6.92 Å². The number of fused-ring (bicyclic) bond motifs is 1. The van der Waals surface area contributed by atoms with E-state index in [9.17, 15) is 9.90 Å². The van der Waals surface area contributed by atoms with Crippen LogP contribution in [0.5, 0.6) is 0 Å². The number of hydrogen-bond donors (Lipinski definition) is 1. The lowest BCUT2D eigenvalue weighted by molar-refractivity contribution is -0.152. The number of carboxylic acids is 1. The highest BCUT2D eigenvalue weighted by Gasteiger charge is 2.45. The Morgan fingerprint density at radius 3 is 2.37 bits per heavy atom. The summed E-state index contributed by atoms with van der Waals surface area (Å²) in [6, 6.07) is 1.46. The van der Waals surface area contributed by atoms with Crippen LogP contribution < -0.4 is 0 Å². The van der Waals surface area contributed by atoms with Gasteiger partial charge >= 0.3 is 5.97 Å². The number of piperidine rings is 1. The van der Waals surface area contributed by atoms with Gasteiger partial charge < -0.3 is 5.11 Å². The molecule has 3 saturated heterocycles. The summed E-state index contributed by atoms with van der Waals surface area (Å²) in [5, 5.41) is 9.46. The van der Waals surface area contributed by atoms with Crippen LogP contribution in [0.15, 0.2) is 0 Å². The number of carboxylic acid groups (broad SMARTS) is 1. The van der Waals surface area contributed by atoms with Crippen LogP contribution in [0.1, 0.15) is 45.4 Å². The second-order valence-electron chi connectivity index (χ2n) is 6.58. The van der Waals surface area contributed by atoms with Crippen molar-refractivity contribution in [3.05, 3.63) is 0 Å². The molecule has 0 saturated carbocycles. The van der Waals surface area contributed by atoms with Crippen LogP contribution in [-0.4, -0.2) is 59.1 Å². The molecule has 0 aromatic heterocycles. The first-order chi connectivity index (χ1) is 9.16. The lowest BCUT2D eigenvalue weighted by Crippen LogP contribution is -2.50. The zero-order valence-electron chi connectivity index (χ0n) is 12.0. The fourth-order valence-electron chi connectivity index (χ4n) is 4.48. The Labute approximate surface area is 115 Å². The third-order valence-electron chi connectivity index (χ3n) is 5.93. The molecule has 3 heterocycles. The van der Waals surface area contributed by atoms with Crippen molar-refractivity contribution in [2.45, 2.75) is 57.5 Å².